The molecule has 0 spiro atoms. The van der Waals surface area contributed by atoms with Crippen LogP contribution in [0.5, 0.6) is 0 Å². The Bertz CT molecular complexity index is 608. The average molecular weight is 291 g/mol. The summed E-state index contributed by atoms with van der Waals surface area (Å²) in [5, 5.41) is 7.47. The van der Waals surface area contributed by atoms with E-state index in [4.69, 9.17) is 0 Å². The molecule has 5 heteroatoms. The Morgan fingerprint density at radius 3 is 2.65 bits per heavy atom. The van der Waals surface area contributed by atoms with E-state index in [2.05, 4.69) is 17.3 Å². The van der Waals surface area contributed by atoms with Crippen molar-refractivity contribution in [2.24, 2.45) is 0 Å². The summed E-state index contributed by atoms with van der Waals surface area (Å²) in [5.41, 5.74) is 3.21. The van der Waals surface area contributed by atoms with E-state index in [9.17, 15) is 4.79 Å². The summed E-state index contributed by atoms with van der Waals surface area (Å²) in [5.74, 6) is -0.0117. The van der Waals surface area contributed by atoms with Crippen molar-refractivity contribution in [2.75, 3.05) is 0 Å². The van der Waals surface area contributed by atoms with E-state index in [1.165, 1.54) is 10.4 Å². The summed E-state index contributed by atoms with van der Waals surface area (Å²) >= 11 is 1.54. The molecule has 2 rings (SSSR count). The van der Waals surface area contributed by atoms with Crippen LogP contribution in [0.4, 0.5) is 0 Å². The molecule has 0 bridgehead atoms. The van der Waals surface area contributed by atoms with E-state index in [0.717, 1.165) is 22.7 Å². The topological polar surface area (TPSA) is 46.9 Å². The van der Waals surface area contributed by atoms with Gasteiger partial charge in [-0.15, -0.1) is 11.3 Å². The molecule has 2 heterocycles. The second kappa shape index (κ2) is 5.79. The van der Waals surface area contributed by atoms with Gasteiger partial charge in [0.2, 0.25) is 0 Å². The lowest BCUT2D eigenvalue weighted by Gasteiger charge is -2.12. The minimum atomic E-state index is -0.0366. The molecule has 4 nitrogen and oxygen atoms in total. The maximum Gasteiger partial charge on any atom is 0.261 e. The lowest BCUT2D eigenvalue weighted by Crippen LogP contribution is -2.26. The average Bonchev–Trinajstić information content (AvgIpc) is 2.93. The van der Waals surface area contributed by atoms with Crippen molar-refractivity contribution < 1.29 is 4.79 Å². The van der Waals surface area contributed by atoms with E-state index in [0.29, 0.717) is 0 Å². The summed E-state index contributed by atoms with van der Waals surface area (Å²) in [6, 6.07) is 1.91. The molecule has 2 aromatic heterocycles. The molecule has 0 saturated heterocycles. The van der Waals surface area contributed by atoms with Crippen LogP contribution in [0.15, 0.2) is 12.3 Å². The van der Waals surface area contributed by atoms with E-state index in [-0.39, 0.29) is 11.9 Å². The van der Waals surface area contributed by atoms with Gasteiger partial charge < -0.3 is 5.32 Å². The fraction of sp³-hybridized carbons (Fsp3) is 0.467. The molecule has 0 fully saturated rings. The number of hydrogen-bond acceptors (Lipinski definition) is 3. The second-order valence-electron chi connectivity index (χ2n) is 5.07. The third-order valence-electron chi connectivity index (χ3n) is 3.51. The first-order chi connectivity index (χ1) is 9.42. The zero-order valence-corrected chi connectivity index (χ0v) is 13.5. The van der Waals surface area contributed by atoms with E-state index < -0.39 is 0 Å². The van der Waals surface area contributed by atoms with Gasteiger partial charge in [0.05, 0.1) is 16.6 Å². The first kappa shape index (κ1) is 14.8. The summed E-state index contributed by atoms with van der Waals surface area (Å²) < 4.78 is 1.90. The van der Waals surface area contributed by atoms with E-state index >= 15 is 0 Å². The highest BCUT2D eigenvalue weighted by molar-refractivity contribution is 7.14. The molecule has 0 aliphatic carbocycles. The summed E-state index contributed by atoms with van der Waals surface area (Å²) in [7, 11) is 0. The molecule has 20 heavy (non-hydrogen) atoms. The third-order valence-corrected chi connectivity index (χ3v) is 4.66. The molecular weight excluding hydrogens is 270 g/mol. The maximum atomic E-state index is 12.3. The molecule has 108 valence electrons. The van der Waals surface area contributed by atoms with Crippen molar-refractivity contribution in [3.63, 3.8) is 0 Å². The van der Waals surface area contributed by atoms with Crippen LogP contribution in [-0.4, -0.2) is 15.7 Å². The molecule has 0 saturated carbocycles. The van der Waals surface area contributed by atoms with Crippen LogP contribution in [-0.2, 0) is 6.54 Å². The SMILES string of the molecule is CCn1cc([C@@H](C)NC(=O)c2cc(C)c(C)s2)c(C)n1. The number of nitrogens with zero attached hydrogens (tertiary/aromatic N) is 2. The number of rotatable bonds is 4. The fourth-order valence-corrected chi connectivity index (χ4v) is 3.09. The zero-order valence-electron chi connectivity index (χ0n) is 12.7. The highest BCUT2D eigenvalue weighted by Crippen LogP contribution is 2.22. The smallest absolute Gasteiger partial charge is 0.261 e. The maximum absolute atomic E-state index is 12.3. The number of amides is 1. The van der Waals surface area contributed by atoms with Gasteiger partial charge in [0.1, 0.15) is 0 Å². The van der Waals surface area contributed by atoms with Gasteiger partial charge in [-0.3, -0.25) is 9.48 Å². The Balaban J connectivity index is 2.12. The largest absolute Gasteiger partial charge is 0.345 e. The Hall–Kier alpha value is -1.62. The number of nitrogens with one attached hydrogen (secondary N) is 1. The van der Waals surface area contributed by atoms with Crippen LogP contribution in [0, 0.1) is 20.8 Å². The minimum Gasteiger partial charge on any atom is -0.345 e. The number of carbonyl (C=O) groups excluding carboxylic acids is 1. The fourth-order valence-electron chi connectivity index (χ4n) is 2.15. The molecule has 0 aliphatic rings. The molecule has 2 aromatic rings. The standard InChI is InChI=1S/C15H21N3OS/c1-6-18-8-13(11(4)17-18)10(3)16-15(19)14-7-9(2)12(5)20-14/h7-8,10H,6H2,1-5H3,(H,16,19)/t10-/m1/s1. The van der Waals surface area contributed by atoms with Gasteiger partial charge in [-0.1, -0.05) is 0 Å². The van der Waals surface area contributed by atoms with Crippen molar-refractivity contribution in [1.82, 2.24) is 15.1 Å². The zero-order chi connectivity index (χ0) is 14.9. The Labute approximate surface area is 123 Å². The molecule has 1 amide bonds. The molecule has 1 atom stereocenters. The van der Waals surface area contributed by atoms with Gasteiger partial charge >= 0.3 is 0 Å². The number of thiophene rings is 1. The molecular formula is C15H21N3OS. The van der Waals surface area contributed by atoms with Crippen molar-refractivity contribution in [1.29, 1.82) is 0 Å². The summed E-state index contributed by atoms with van der Waals surface area (Å²) in [4.78, 5) is 14.2. The predicted octanol–water partition coefficient (Wildman–Crippen LogP) is 3.38. The summed E-state index contributed by atoms with van der Waals surface area (Å²) in [6.45, 7) is 10.9. The second-order valence-corrected chi connectivity index (χ2v) is 6.33. The third kappa shape index (κ3) is 2.93. The van der Waals surface area contributed by atoms with Crippen molar-refractivity contribution >= 4 is 17.2 Å². The lowest BCUT2D eigenvalue weighted by molar-refractivity contribution is 0.0944. The van der Waals surface area contributed by atoms with E-state index in [1.54, 1.807) is 11.3 Å². The number of hydrogen-bond donors (Lipinski definition) is 1. The van der Waals surface area contributed by atoms with Crippen molar-refractivity contribution in [2.45, 2.75) is 47.2 Å². The quantitative estimate of drug-likeness (QED) is 0.938. The van der Waals surface area contributed by atoms with E-state index in [1.807, 2.05) is 44.6 Å². The van der Waals surface area contributed by atoms with Gasteiger partial charge in [-0.2, -0.15) is 5.10 Å². The predicted molar refractivity (Wildman–Crippen MR) is 82.3 cm³/mol. The molecule has 0 radical (unpaired) electrons. The number of aryl methyl sites for hydroxylation is 4. The Kier molecular flexibility index (Phi) is 4.28. The van der Waals surface area contributed by atoms with Crippen molar-refractivity contribution in [3.8, 4) is 0 Å². The Morgan fingerprint density at radius 1 is 1.45 bits per heavy atom. The number of aromatic nitrogens is 2. The normalized spacial score (nSPS) is 12.4. The highest BCUT2D eigenvalue weighted by atomic mass is 32.1. The van der Waals surface area contributed by atoms with Crippen LogP contribution < -0.4 is 5.32 Å². The van der Waals surface area contributed by atoms with Gasteiger partial charge in [0.15, 0.2) is 0 Å². The van der Waals surface area contributed by atoms with Crippen LogP contribution in [0.2, 0.25) is 0 Å². The van der Waals surface area contributed by atoms with Crippen LogP contribution in [0.3, 0.4) is 0 Å². The lowest BCUT2D eigenvalue weighted by atomic mass is 10.1. The molecule has 0 unspecified atom stereocenters. The van der Waals surface area contributed by atoms with Crippen LogP contribution in [0.1, 0.15) is 51.3 Å². The van der Waals surface area contributed by atoms with Crippen molar-refractivity contribution in [3.05, 3.63) is 38.8 Å². The van der Waals surface area contributed by atoms with Gasteiger partial charge in [0.25, 0.3) is 5.91 Å². The highest BCUT2D eigenvalue weighted by Gasteiger charge is 2.17. The molecule has 1 N–H and O–H groups in total. The molecule has 0 aromatic carbocycles. The summed E-state index contributed by atoms with van der Waals surface area (Å²) in [6.07, 6.45) is 2.01. The first-order valence-corrected chi connectivity index (χ1v) is 7.65. The van der Waals surface area contributed by atoms with Gasteiger partial charge in [-0.25, -0.2) is 0 Å². The monoisotopic (exact) mass is 291 g/mol. The minimum absolute atomic E-state index is 0.0117. The molecule has 0 aliphatic heterocycles. The Morgan fingerprint density at radius 2 is 2.15 bits per heavy atom. The van der Waals surface area contributed by atoms with Crippen LogP contribution in [0.25, 0.3) is 0 Å². The van der Waals surface area contributed by atoms with Crippen LogP contribution >= 0.6 is 11.3 Å². The number of carbonyl (C=O) groups is 1. The van der Waals surface area contributed by atoms with Gasteiger partial charge in [0, 0.05) is 23.2 Å². The van der Waals surface area contributed by atoms with Gasteiger partial charge in [-0.05, 0) is 46.2 Å². The first-order valence-electron chi connectivity index (χ1n) is 6.84.